The van der Waals surface area contributed by atoms with Crippen LogP contribution in [0.4, 0.5) is 18.9 Å². The van der Waals surface area contributed by atoms with Crippen molar-refractivity contribution in [2.24, 2.45) is 17.6 Å². The van der Waals surface area contributed by atoms with E-state index in [0.29, 0.717) is 23.6 Å². The number of aromatic nitrogens is 2. The van der Waals surface area contributed by atoms with Gasteiger partial charge in [-0.15, -0.1) is 0 Å². The molecule has 0 radical (unpaired) electrons. The zero-order chi connectivity index (χ0) is 25.6. The Balaban J connectivity index is 1.42. The van der Waals surface area contributed by atoms with E-state index in [4.69, 9.17) is 10.5 Å². The Morgan fingerprint density at radius 2 is 1.83 bits per heavy atom. The minimum absolute atomic E-state index is 0.0494. The first-order chi connectivity index (χ1) is 17.2. The topological polar surface area (TPSA) is 90.1 Å². The number of hydrogen-bond acceptors (Lipinski definition) is 5. The number of nitrogens with two attached hydrogens (primary N) is 1. The summed E-state index contributed by atoms with van der Waals surface area (Å²) in [6, 6.07) is 6.01. The van der Waals surface area contributed by atoms with Crippen LogP contribution >= 0.6 is 0 Å². The van der Waals surface area contributed by atoms with Gasteiger partial charge < -0.3 is 15.8 Å². The van der Waals surface area contributed by atoms with Crippen LogP contribution in [-0.4, -0.2) is 28.0 Å². The zero-order valence-corrected chi connectivity index (χ0v) is 20.0. The molecule has 1 amide bonds. The highest BCUT2D eigenvalue weighted by Crippen LogP contribution is 2.45. The molecule has 1 aliphatic carbocycles. The van der Waals surface area contributed by atoms with Gasteiger partial charge in [-0.05, 0) is 73.9 Å². The van der Waals surface area contributed by atoms with Crippen molar-refractivity contribution in [3.8, 4) is 11.3 Å². The van der Waals surface area contributed by atoms with Crippen LogP contribution in [0.1, 0.15) is 53.9 Å². The molecule has 1 aromatic carbocycles. The number of benzene rings is 1. The van der Waals surface area contributed by atoms with Crippen LogP contribution in [0.25, 0.3) is 11.3 Å². The fraction of sp³-hybridized carbons (Fsp3) is 0.370. The number of aryl methyl sites for hydroxylation is 1. The highest BCUT2D eigenvalue weighted by molar-refractivity contribution is 6.03. The van der Waals surface area contributed by atoms with Gasteiger partial charge in [-0.25, -0.2) is 18.2 Å². The number of rotatable bonds is 5. The third kappa shape index (κ3) is 4.73. The third-order valence-electron chi connectivity index (χ3n) is 7.04. The molecule has 3 N–H and O–H groups in total. The van der Waals surface area contributed by atoms with Crippen molar-refractivity contribution < 1.29 is 22.7 Å². The van der Waals surface area contributed by atoms with Gasteiger partial charge in [-0.2, -0.15) is 0 Å². The van der Waals surface area contributed by atoms with Crippen LogP contribution in [0.2, 0.25) is 0 Å². The van der Waals surface area contributed by atoms with Crippen LogP contribution in [0.5, 0.6) is 0 Å². The number of nitrogens with one attached hydrogen (secondary N) is 1. The van der Waals surface area contributed by atoms with Crippen LogP contribution in [0.15, 0.2) is 42.7 Å². The van der Waals surface area contributed by atoms with E-state index in [1.54, 1.807) is 12.3 Å². The summed E-state index contributed by atoms with van der Waals surface area (Å²) in [6.07, 6.45) is 5.66. The molecule has 188 valence electrons. The van der Waals surface area contributed by atoms with Gasteiger partial charge in [0.05, 0.1) is 29.7 Å². The lowest BCUT2D eigenvalue weighted by molar-refractivity contribution is -0.0988. The predicted molar refractivity (Wildman–Crippen MR) is 129 cm³/mol. The Morgan fingerprint density at radius 3 is 2.53 bits per heavy atom. The number of anilines is 1. The zero-order valence-electron chi connectivity index (χ0n) is 20.0. The Hall–Kier alpha value is -3.30. The minimum Gasteiger partial charge on any atom is -0.370 e. The van der Waals surface area contributed by atoms with E-state index in [2.05, 4.69) is 22.2 Å². The van der Waals surface area contributed by atoms with E-state index >= 15 is 0 Å². The maximum atomic E-state index is 14.5. The number of nitrogens with zero attached hydrogens (tertiary/aromatic N) is 2. The van der Waals surface area contributed by atoms with Gasteiger partial charge in [0.15, 0.2) is 0 Å². The molecule has 2 aromatic heterocycles. The fourth-order valence-corrected chi connectivity index (χ4v) is 4.89. The standard InChI is InChI=1S/C27H27F3N4O2/c1-13-9-18(29)24(19(30)10-13)25-17(28)5-6-21(33-25)27(35)34-22-12-32-8-7-16(22)23-11-20(31)14(2)26(36-23)15-3-4-15/h5-10,12,14-15,20,23,26H,3-4,11,31H2,1-2H3,(H,34,35)/t14-,20-,23-,26+/m1/s1. The molecule has 1 aliphatic heterocycles. The van der Waals surface area contributed by atoms with Crippen LogP contribution < -0.4 is 11.1 Å². The number of carbonyl (C=O) groups is 1. The molecule has 9 heteroatoms. The van der Waals surface area contributed by atoms with Gasteiger partial charge >= 0.3 is 0 Å². The van der Waals surface area contributed by atoms with Crippen molar-refractivity contribution in [1.29, 1.82) is 0 Å². The maximum absolute atomic E-state index is 14.5. The molecular formula is C27H27F3N4O2. The Bertz CT molecular complexity index is 1290. The summed E-state index contributed by atoms with van der Waals surface area (Å²) in [4.78, 5) is 21.2. The quantitative estimate of drug-likeness (QED) is 0.499. The Kier molecular flexibility index (Phi) is 6.53. The van der Waals surface area contributed by atoms with Crippen molar-refractivity contribution in [1.82, 2.24) is 9.97 Å². The molecule has 3 aromatic rings. The molecule has 5 rings (SSSR count). The van der Waals surface area contributed by atoms with Crippen molar-refractivity contribution in [2.45, 2.75) is 51.4 Å². The lowest BCUT2D eigenvalue weighted by Crippen LogP contribution is -2.45. The van der Waals surface area contributed by atoms with Crippen LogP contribution in [-0.2, 0) is 4.74 Å². The number of carbonyl (C=O) groups excluding carboxylic acids is 1. The fourth-order valence-electron chi connectivity index (χ4n) is 4.89. The molecule has 6 nitrogen and oxygen atoms in total. The lowest BCUT2D eigenvalue weighted by atomic mass is 9.84. The number of pyridine rings is 2. The molecule has 2 aliphatic rings. The van der Waals surface area contributed by atoms with E-state index in [1.165, 1.54) is 13.1 Å². The molecule has 3 heterocycles. The van der Waals surface area contributed by atoms with E-state index in [-0.39, 0.29) is 29.9 Å². The van der Waals surface area contributed by atoms with E-state index < -0.39 is 34.6 Å². The average Bonchev–Trinajstić information content (AvgIpc) is 3.67. The van der Waals surface area contributed by atoms with E-state index in [9.17, 15) is 18.0 Å². The van der Waals surface area contributed by atoms with Gasteiger partial charge in [0.1, 0.15) is 28.8 Å². The van der Waals surface area contributed by atoms with E-state index in [1.807, 2.05) is 0 Å². The second kappa shape index (κ2) is 9.63. The number of halogens is 3. The molecule has 0 spiro atoms. The van der Waals surface area contributed by atoms with Crippen LogP contribution in [0.3, 0.4) is 0 Å². The van der Waals surface area contributed by atoms with E-state index in [0.717, 1.165) is 42.7 Å². The molecule has 2 fully saturated rings. The summed E-state index contributed by atoms with van der Waals surface area (Å²) in [5, 5.41) is 2.75. The summed E-state index contributed by atoms with van der Waals surface area (Å²) >= 11 is 0. The number of ether oxygens (including phenoxy) is 1. The first kappa shape index (κ1) is 24.4. The maximum Gasteiger partial charge on any atom is 0.274 e. The second-order valence-electron chi connectivity index (χ2n) is 9.73. The molecule has 0 unspecified atom stereocenters. The average molecular weight is 497 g/mol. The smallest absolute Gasteiger partial charge is 0.274 e. The third-order valence-corrected chi connectivity index (χ3v) is 7.04. The molecular weight excluding hydrogens is 469 g/mol. The van der Waals surface area contributed by atoms with Crippen molar-refractivity contribution in [3.05, 3.63) is 77.0 Å². The van der Waals surface area contributed by atoms with Crippen molar-refractivity contribution in [2.75, 3.05) is 5.32 Å². The number of amides is 1. The molecule has 36 heavy (non-hydrogen) atoms. The molecule has 4 atom stereocenters. The van der Waals surface area contributed by atoms with Gasteiger partial charge in [0, 0.05) is 17.8 Å². The normalized spacial score (nSPS) is 23.9. The monoisotopic (exact) mass is 496 g/mol. The summed E-state index contributed by atoms with van der Waals surface area (Å²) in [5.74, 6) is -2.81. The highest BCUT2D eigenvalue weighted by atomic mass is 19.1. The van der Waals surface area contributed by atoms with Gasteiger partial charge in [0.2, 0.25) is 0 Å². The molecule has 1 saturated heterocycles. The minimum atomic E-state index is -0.962. The predicted octanol–water partition coefficient (Wildman–Crippen LogP) is 5.33. The number of hydrogen-bond donors (Lipinski definition) is 2. The van der Waals surface area contributed by atoms with Crippen molar-refractivity contribution >= 4 is 11.6 Å². The second-order valence-corrected chi connectivity index (χ2v) is 9.73. The van der Waals surface area contributed by atoms with Crippen LogP contribution in [0, 0.1) is 36.2 Å². The highest BCUT2D eigenvalue weighted by Gasteiger charge is 2.43. The van der Waals surface area contributed by atoms with Gasteiger partial charge in [0.25, 0.3) is 5.91 Å². The van der Waals surface area contributed by atoms with Gasteiger partial charge in [-0.3, -0.25) is 9.78 Å². The largest absolute Gasteiger partial charge is 0.370 e. The summed E-state index contributed by atoms with van der Waals surface area (Å²) in [6.45, 7) is 3.63. The Labute approximate surface area is 207 Å². The van der Waals surface area contributed by atoms with Gasteiger partial charge in [-0.1, -0.05) is 6.92 Å². The summed E-state index contributed by atoms with van der Waals surface area (Å²) in [7, 11) is 0. The Morgan fingerprint density at radius 1 is 1.11 bits per heavy atom. The first-order valence-electron chi connectivity index (χ1n) is 12.0. The SMILES string of the molecule is Cc1cc(F)c(-c2nc(C(=O)Nc3cnccc3[C@H]3C[C@@H](N)[C@@H](C)[C@@H](C4CC4)O3)ccc2F)c(F)c1. The summed E-state index contributed by atoms with van der Waals surface area (Å²) < 4.78 is 49.9. The summed E-state index contributed by atoms with van der Waals surface area (Å²) in [5.41, 5.74) is 6.51. The molecule has 1 saturated carbocycles. The first-order valence-corrected chi connectivity index (χ1v) is 12.0. The molecule has 0 bridgehead atoms. The lowest BCUT2D eigenvalue weighted by Gasteiger charge is -2.40. The van der Waals surface area contributed by atoms with Crippen molar-refractivity contribution in [3.63, 3.8) is 0 Å².